The van der Waals surface area contributed by atoms with Gasteiger partial charge in [-0.15, -0.1) is 0 Å². The number of rotatable bonds is 5. The minimum absolute atomic E-state index is 0.0693. The Bertz CT molecular complexity index is 750. The Balaban J connectivity index is 2.05. The van der Waals surface area contributed by atoms with E-state index in [1.165, 1.54) is 0 Å². The van der Waals surface area contributed by atoms with Crippen LogP contribution in [0.15, 0.2) is 54.2 Å². The Labute approximate surface area is 136 Å². The number of amides is 1. The van der Waals surface area contributed by atoms with Crippen LogP contribution in [0, 0.1) is 0 Å². The fourth-order valence-corrected chi connectivity index (χ4v) is 2.78. The van der Waals surface area contributed by atoms with Gasteiger partial charge in [0.05, 0.1) is 5.57 Å². The molecule has 2 aromatic rings. The SMILES string of the molecule is CCCCC(Nc1ccccc1)=C1C(=O)Nc2ccc(N)cc21. The molecule has 0 saturated carbocycles. The van der Waals surface area contributed by atoms with Gasteiger partial charge in [0.25, 0.3) is 5.91 Å². The van der Waals surface area contributed by atoms with Crippen molar-refractivity contribution in [1.82, 2.24) is 0 Å². The van der Waals surface area contributed by atoms with E-state index in [9.17, 15) is 4.79 Å². The van der Waals surface area contributed by atoms with E-state index in [2.05, 4.69) is 17.6 Å². The number of hydrogen-bond acceptors (Lipinski definition) is 3. The number of anilines is 3. The summed E-state index contributed by atoms with van der Waals surface area (Å²) in [5.41, 5.74) is 10.9. The summed E-state index contributed by atoms with van der Waals surface area (Å²) in [6.07, 6.45) is 2.91. The summed E-state index contributed by atoms with van der Waals surface area (Å²) in [7, 11) is 0. The van der Waals surface area contributed by atoms with Gasteiger partial charge in [0, 0.05) is 28.3 Å². The van der Waals surface area contributed by atoms with Gasteiger partial charge in [-0.1, -0.05) is 31.5 Å². The first-order chi connectivity index (χ1) is 11.2. The summed E-state index contributed by atoms with van der Waals surface area (Å²) in [6.45, 7) is 2.14. The van der Waals surface area contributed by atoms with E-state index < -0.39 is 0 Å². The number of carbonyl (C=O) groups excluding carboxylic acids is 1. The van der Waals surface area contributed by atoms with Crippen LogP contribution >= 0.6 is 0 Å². The average molecular weight is 307 g/mol. The summed E-state index contributed by atoms with van der Waals surface area (Å²) >= 11 is 0. The Morgan fingerprint density at radius 1 is 1.17 bits per heavy atom. The molecular formula is C19H21N3O. The highest BCUT2D eigenvalue weighted by Gasteiger charge is 2.27. The van der Waals surface area contributed by atoms with Crippen LogP contribution in [0.5, 0.6) is 0 Å². The van der Waals surface area contributed by atoms with Gasteiger partial charge in [0.15, 0.2) is 0 Å². The molecule has 0 radical (unpaired) electrons. The molecule has 1 amide bonds. The quantitative estimate of drug-likeness (QED) is 0.572. The molecule has 3 rings (SSSR count). The molecule has 0 atom stereocenters. The summed E-state index contributed by atoms with van der Waals surface area (Å²) < 4.78 is 0. The van der Waals surface area contributed by atoms with E-state index in [1.54, 1.807) is 6.07 Å². The number of para-hydroxylation sites is 1. The molecule has 4 nitrogen and oxygen atoms in total. The van der Waals surface area contributed by atoms with E-state index in [0.717, 1.165) is 41.9 Å². The third-order valence-electron chi connectivity index (χ3n) is 3.94. The molecule has 0 saturated heterocycles. The van der Waals surface area contributed by atoms with Crippen LogP contribution in [0.1, 0.15) is 31.7 Å². The number of nitrogen functional groups attached to an aromatic ring is 1. The van der Waals surface area contributed by atoms with Crippen molar-refractivity contribution in [3.8, 4) is 0 Å². The highest BCUT2D eigenvalue weighted by molar-refractivity contribution is 6.32. The zero-order chi connectivity index (χ0) is 16.2. The third kappa shape index (κ3) is 3.21. The number of benzene rings is 2. The van der Waals surface area contributed by atoms with Crippen molar-refractivity contribution in [3.63, 3.8) is 0 Å². The lowest BCUT2D eigenvalue weighted by molar-refractivity contribution is -0.110. The van der Waals surface area contributed by atoms with Crippen LogP contribution in [-0.2, 0) is 4.79 Å². The lowest BCUT2D eigenvalue weighted by atomic mass is 10.0. The number of unbranched alkanes of at least 4 members (excludes halogenated alkanes) is 1. The first kappa shape index (κ1) is 15.2. The van der Waals surface area contributed by atoms with Gasteiger partial charge in [-0.25, -0.2) is 0 Å². The highest BCUT2D eigenvalue weighted by atomic mass is 16.2. The molecule has 0 spiro atoms. The molecule has 0 aliphatic carbocycles. The van der Waals surface area contributed by atoms with Crippen LogP contribution in [0.25, 0.3) is 5.57 Å². The third-order valence-corrected chi connectivity index (χ3v) is 3.94. The van der Waals surface area contributed by atoms with Gasteiger partial charge in [0.1, 0.15) is 0 Å². The minimum Gasteiger partial charge on any atom is -0.399 e. The minimum atomic E-state index is -0.0693. The van der Waals surface area contributed by atoms with Crippen LogP contribution in [0.2, 0.25) is 0 Å². The molecule has 2 aromatic carbocycles. The molecule has 0 fully saturated rings. The number of nitrogens with one attached hydrogen (secondary N) is 2. The maximum Gasteiger partial charge on any atom is 0.258 e. The molecule has 118 valence electrons. The van der Waals surface area contributed by atoms with Gasteiger partial charge >= 0.3 is 0 Å². The van der Waals surface area contributed by atoms with E-state index in [1.807, 2.05) is 42.5 Å². The van der Waals surface area contributed by atoms with Gasteiger partial charge in [-0.05, 0) is 43.2 Å². The second kappa shape index (κ2) is 6.57. The first-order valence-corrected chi connectivity index (χ1v) is 7.95. The van der Waals surface area contributed by atoms with Crippen LogP contribution < -0.4 is 16.4 Å². The lowest BCUT2D eigenvalue weighted by Crippen LogP contribution is -2.10. The van der Waals surface area contributed by atoms with E-state index in [4.69, 9.17) is 5.73 Å². The van der Waals surface area contributed by atoms with Crippen molar-refractivity contribution in [2.45, 2.75) is 26.2 Å². The van der Waals surface area contributed by atoms with Gasteiger partial charge in [-0.2, -0.15) is 0 Å². The highest BCUT2D eigenvalue weighted by Crippen LogP contribution is 2.36. The van der Waals surface area contributed by atoms with E-state index >= 15 is 0 Å². The largest absolute Gasteiger partial charge is 0.399 e. The second-order valence-corrected chi connectivity index (χ2v) is 5.71. The zero-order valence-electron chi connectivity index (χ0n) is 13.2. The fraction of sp³-hybridized carbons (Fsp3) is 0.211. The smallest absolute Gasteiger partial charge is 0.258 e. The Kier molecular flexibility index (Phi) is 4.33. The predicted octanol–water partition coefficient (Wildman–Crippen LogP) is 4.23. The number of allylic oxidation sites excluding steroid dienone is 1. The standard InChI is InChI=1S/C19H21N3O/c1-2-3-9-17(21-14-7-5-4-6-8-14)18-15-12-13(20)10-11-16(15)22-19(18)23/h4-8,10-12,21H,2-3,9,20H2,1H3,(H,22,23). The fourth-order valence-electron chi connectivity index (χ4n) is 2.78. The normalized spacial score (nSPS) is 15.1. The topological polar surface area (TPSA) is 67.2 Å². The van der Waals surface area contributed by atoms with Crippen molar-refractivity contribution in [3.05, 3.63) is 59.8 Å². The number of carbonyl (C=O) groups is 1. The van der Waals surface area contributed by atoms with Crippen molar-refractivity contribution in [2.75, 3.05) is 16.4 Å². The Hall–Kier alpha value is -2.75. The lowest BCUT2D eigenvalue weighted by Gasteiger charge is -2.14. The number of fused-ring (bicyclic) bond motifs is 1. The van der Waals surface area contributed by atoms with Crippen LogP contribution in [0.3, 0.4) is 0 Å². The molecule has 4 N–H and O–H groups in total. The van der Waals surface area contributed by atoms with Crippen molar-refractivity contribution in [2.24, 2.45) is 0 Å². The van der Waals surface area contributed by atoms with Crippen molar-refractivity contribution < 1.29 is 4.79 Å². The summed E-state index contributed by atoms with van der Waals surface area (Å²) in [5.74, 6) is -0.0693. The monoisotopic (exact) mass is 307 g/mol. The summed E-state index contributed by atoms with van der Waals surface area (Å²) in [5, 5.41) is 6.35. The van der Waals surface area contributed by atoms with Crippen molar-refractivity contribution >= 4 is 28.5 Å². The molecule has 1 aliphatic rings. The molecule has 0 aromatic heterocycles. The molecule has 1 aliphatic heterocycles. The Morgan fingerprint density at radius 3 is 2.70 bits per heavy atom. The average Bonchev–Trinajstić information content (AvgIpc) is 2.87. The Morgan fingerprint density at radius 2 is 1.96 bits per heavy atom. The van der Waals surface area contributed by atoms with Gasteiger partial charge in [-0.3, -0.25) is 4.79 Å². The molecule has 0 unspecified atom stereocenters. The van der Waals surface area contributed by atoms with Crippen molar-refractivity contribution in [1.29, 1.82) is 0 Å². The predicted molar refractivity (Wildman–Crippen MR) is 96.0 cm³/mol. The number of hydrogen-bond donors (Lipinski definition) is 3. The maximum absolute atomic E-state index is 12.5. The second-order valence-electron chi connectivity index (χ2n) is 5.71. The van der Waals surface area contributed by atoms with Crippen LogP contribution in [-0.4, -0.2) is 5.91 Å². The first-order valence-electron chi connectivity index (χ1n) is 7.95. The zero-order valence-corrected chi connectivity index (χ0v) is 13.2. The molecule has 4 heteroatoms. The van der Waals surface area contributed by atoms with E-state index in [0.29, 0.717) is 11.3 Å². The molecule has 0 bridgehead atoms. The van der Waals surface area contributed by atoms with Gasteiger partial charge < -0.3 is 16.4 Å². The molecular weight excluding hydrogens is 286 g/mol. The summed E-state index contributed by atoms with van der Waals surface area (Å²) in [4.78, 5) is 12.5. The molecule has 23 heavy (non-hydrogen) atoms. The van der Waals surface area contributed by atoms with Crippen LogP contribution in [0.4, 0.5) is 17.1 Å². The van der Waals surface area contributed by atoms with Gasteiger partial charge in [0.2, 0.25) is 0 Å². The maximum atomic E-state index is 12.5. The number of nitrogens with two attached hydrogens (primary N) is 1. The van der Waals surface area contributed by atoms with E-state index in [-0.39, 0.29) is 5.91 Å². The molecule has 1 heterocycles. The summed E-state index contributed by atoms with van der Waals surface area (Å²) in [6, 6.07) is 15.5.